The van der Waals surface area contributed by atoms with Gasteiger partial charge in [-0.05, 0) is 35.7 Å². The fourth-order valence-electron chi connectivity index (χ4n) is 1.93. The van der Waals surface area contributed by atoms with Crippen LogP contribution in [0.25, 0.3) is 0 Å². The van der Waals surface area contributed by atoms with Gasteiger partial charge in [-0.3, -0.25) is 0 Å². The average molecular weight is 320 g/mol. The van der Waals surface area contributed by atoms with Gasteiger partial charge in [0.25, 0.3) is 0 Å². The van der Waals surface area contributed by atoms with Gasteiger partial charge in [0.1, 0.15) is 0 Å². The molecule has 0 saturated heterocycles. The summed E-state index contributed by atoms with van der Waals surface area (Å²) in [7, 11) is 0. The summed E-state index contributed by atoms with van der Waals surface area (Å²) in [6.07, 6.45) is 0. The zero-order chi connectivity index (χ0) is 13.7. The first-order valence-electron chi connectivity index (χ1n) is 6.36. The van der Waals surface area contributed by atoms with Crippen LogP contribution >= 0.6 is 15.9 Å². The van der Waals surface area contributed by atoms with Crippen LogP contribution in [0.3, 0.4) is 0 Å². The zero-order valence-corrected chi connectivity index (χ0v) is 12.5. The summed E-state index contributed by atoms with van der Waals surface area (Å²) in [6.45, 7) is 3.07. The van der Waals surface area contributed by atoms with Gasteiger partial charge in [0.15, 0.2) is 0 Å². The standard InChI is InChI=1S/C16H18BrNO/c1-12(15-3-2-4-16(17)9-15)18-10-13-5-7-14(11-19)8-6-13/h2-9,12,18-19H,10-11H2,1H3/t12-/m1/s1. The van der Waals surface area contributed by atoms with E-state index in [0.29, 0.717) is 6.04 Å². The van der Waals surface area contributed by atoms with Crippen LogP contribution in [0.5, 0.6) is 0 Å². The molecule has 0 unspecified atom stereocenters. The lowest BCUT2D eigenvalue weighted by Crippen LogP contribution is -2.18. The maximum absolute atomic E-state index is 9.00. The van der Waals surface area contributed by atoms with Crippen molar-refractivity contribution in [3.63, 3.8) is 0 Å². The third kappa shape index (κ3) is 4.16. The molecule has 0 radical (unpaired) electrons. The highest BCUT2D eigenvalue weighted by Gasteiger charge is 2.05. The van der Waals surface area contributed by atoms with E-state index in [1.807, 2.05) is 36.4 Å². The highest BCUT2D eigenvalue weighted by molar-refractivity contribution is 9.10. The van der Waals surface area contributed by atoms with Crippen molar-refractivity contribution in [2.45, 2.75) is 26.1 Å². The van der Waals surface area contributed by atoms with E-state index in [9.17, 15) is 0 Å². The van der Waals surface area contributed by atoms with E-state index in [-0.39, 0.29) is 6.61 Å². The third-order valence-corrected chi connectivity index (χ3v) is 3.66. The van der Waals surface area contributed by atoms with Crippen LogP contribution in [-0.4, -0.2) is 5.11 Å². The van der Waals surface area contributed by atoms with Crippen LogP contribution in [0.2, 0.25) is 0 Å². The van der Waals surface area contributed by atoms with Crippen molar-refractivity contribution >= 4 is 15.9 Å². The summed E-state index contributed by atoms with van der Waals surface area (Å²) in [5.41, 5.74) is 3.43. The molecule has 0 heterocycles. The number of hydrogen-bond donors (Lipinski definition) is 2. The fraction of sp³-hybridized carbons (Fsp3) is 0.250. The van der Waals surface area contributed by atoms with Crippen molar-refractivity contribution in [2.75, 3.05) is 0 Å². The molecule has 0 aliphatic carbocycles. The highest BCUT2D eigenvalue weighted by Crippen LogP contribution is 2.18. The molecular weight excluding hydrogens is 302 g/mol. The molecule has 3 heteroatoms. The fourth-order valence-corrected chi connectivity index (χ4v) is 2.34. The van der Waals surface area contributed by atoms with Gasteiger partial charge in [0.05, 0.1) is 6.61 Å². The van der Waals surface area contributed by atoms with Crippen molar-refractivity contribution < 1.29 is 5.11 Å². The largest absolute Gasteiger partial charge is 0.392 e. The molecule has 0 bridgehead atoms. The van der Waals surface area contributed by atoms with Crippen molar-refractivity contribution in [1.82, 2.24) is 5.32 Å². The van der Waals surface area contributed by atoms with Gasteiger partial charge >= 0.3 is 0 Å². The van der Waals surface area contributed by atoms with Gasteiger partial charge in [-0.25, -0.2) is 0 Å². The molecule has 2 rings (SSSR count). The Labute approximate surface area is 122 Å². The number of benzene rings is 2. The molecule has 0 saturated carbocycles. The number of aliphatic hydroxyl groups is 1. The number of aliphatic hydroxyl groups excluding tert-OH is 1. The molecule has 2 aromatic carbocycles. The van der Waals surface area contributed by atoms with Gasteiger partial charge in [0, 0.05) is 17.1 Å². The predicted molar refractivity (Wildman–Crippen MR) is 81.8 cm³/mol. The molecule has 0 aromatic heterocycles. The minimum absolute atomic E-state index is 0.0994. The summed E-state index contributed by atoms with van der Waals surface area (Å²) in [4.78, 5) is 0. The second-order valence-electron chi connectivity index (χ2n) is 4.63. The molecule has 100 valence electrons. The highest BCUT2D eigenvalue weighted by atomic mass is 79.9. The first-order valence-corrected chi connectivity index (χ1v) is 7.16. The van der Waals surface area contributed by atoms with Crippen molar-refractivity contribution in [2.24, 2.45) is 0 Å². The number of hydrogen-bond acceptors (Lipinski definition) is 2. The lowest BCUT2D eigenvalue weighted by molar-refractivity contribution is 0.282. The molecule has 0 amide bonds. The van der Waals surface area contributed by atoms with Gasteiger partial charge in [-0.2, -0.15) is 0 Å². The lowest BCUT2D eigenvalue weighted by Gasteiger charge is -2.14. The number of nitrogens with one attached hydrogen (secondary N) is 1. The summed E-state index contributed by atoms with van der Waals surface area (Å²) in [5, 5.41) is 12.5. The molecule has 19 heavy (non-hydrogen) atoms. The SMILES string of the molecule is C[C@@H](NCc1ccc(CO)cc1)c1cccc(Br)c1. The van der Waals surface area contributed by atoms with E-state index in [4.69, 9.17) is 5.11 Å². The van der Waals surface area contributed by atoms with Crippen molar-refractivity contribution in [3.8, 4) is 0 Å². The lowest BCUT2D eigenvalue weighted by atomic mass is 10.1. The number of halogens is 1. The minimum atomic E-state index is 0.0994. The molecule has 0 spiro atoms. The third-order valence-electron chi connectivity index (χ3n) is 3.17. The van der Waals surface area contributed by atoms with E-state index in [2.05, 4.69) is 40.3 Å². The van der Waals surface area contributed by atoms with E-state index in [1.54, 1.807) is 0 Å². The monoisotopic (exact) mass is 319 g/mol. The van der Waals surface area contributed by atoms with E-state index >= 15 is 0 Å². The summed E-state index contributed by atoms with van der Waals surface area (Å²) in [5.74, 6) is 0. The summed E-state index contributed by atoms with van der Waals surface area (Å²) < 4.78 is 1.10. The van der Waals surface area contributed by atoms with Crippen LogP contribution in [0.4, 0.5) is 0 Å². The van der Waals surface area contributed by atoms with Crippen molar-refractivity contribution in [3.05, 3.63) is 69.7 Å². The van der Waals surface area contributed by atoms with Crippen LogP contribution in [0.1, 0.15) is 29.7 Å². The molecule has 0 aliphatic heterocycles. The molecule has 2 nitrogen and oxygen atoms in total. The average Bonchev–Trinajstić information content (AvgIpc) is 2.45. The Morgan fingerprint density at radius 3 is 2.42 bits per heavy atom. The first-order chi connectivity index (χ1) is 9.19. The van der Waals surface area contributed by atoms with Crippen molar-refractivity contribution in [1.29, 1.82) is 0 Å². The summed E-state index contributed by atoms with van der Waals surface area (Å²) >= 11 is 3.49. The topological polar surface area (TPSA) is 32.3 Å². The second-order valence-corrected chi connectivity index (χ2v) is 5.55. The Bertz CT molecular complexity index is 525. The minimum Gasteiger partial charge on any atom is -0.392 e. The van der Waals surface area contributed by atoms with Crippen LogP contribution in [-0.2, 0) is 13.2 Å². The normalized spacial score (nSPS) is 12.4. The maximum atomic E-state index is 9.00. The van der Waals surface area contributed by atoms with Gasteiger partial charge < -0.3 is 10.4 Å². The first kappa shape index (κ1) is 14.3. The van der Waals surface area contributed by atoms with E-state index in [1.165, 1.54) is 11.1 Å². The second kappa shape index (κ2) is 6.85. The molecule has 2 N–H and O–H groups in total. The smallest absolute Gasteiger partial charge is 0.0681 e. The zero-order valence-electron chi connectivity index (χ0n) is 10.9. The maximum Gasteiger partial charge on any atom is 0.0681 e. The summed E-state index contributed by atoms with van der Waals surface area (Å²) in [6, 6.07) is 16.6. The molecule has 0 aliphatic rings. The Hall–Kier alpha value is -1.16. The van der Waals surface area contributed by atoms with Crippen LogP contribution in [0.15, 0.2) is 53.0 Å². The Balaban J connectivity index is 1.94. The quantitative estimate of drug-likeness (QED) is 0.878. The Morgan fingerprint density at radius 2 is 1.79 bits per heavy atom. The van der Waals surface area contributed by atoms with Gasteiger partial charge in [0.2, 0.25) is 0 Å². The van der Waals surface area contributed by atoms with E-state index < -0.39 is 0 Å². The Morgan fingerprint density at radius 1 is 1.11 bits per heavy atom. The molecule has 0 fully saturated rings. The van der Waals surface area contributed by atoms with Gasteiger partial charge in [-0.1, -0.05) is 52.3 Å². The van der Waals surface area contributed by atoms with Gasteiger partial charge in [-0.15, -0.1) is 0 Å². The predicted octanol–water partition coefficient (Wildman–Crippen LogP) is 3.79. The van der Waals surface area contributed by atoms with Crippen LogP contribution in [0, 0.1) is 0 Å². The molecular formula is C16H18BrNO. The Kier molecular flexibility index (Phi) is 5.14. The van der Waals surface area contributed by atoms with E-state index in [0.717, 1.165) is 16.6 Å². The molecule has 2 aromatic rings. The number of rotatable bonds is 5. The van der Waals surface area contributed by atoms with Crippen LogP contribution < -0.4 is 5.32 Å². The molecule has 1 atom stereocenters.